The maximum absolute atomic E-state index is 12.4. The van der Waals surface area contributed by atoms with Crippen LogP contribution in [0.25, 0.3) is 0 Å². The van der Waals surface area contributed by atoms with Crippen molar-refractivity contribution in [1.29, 1.82) is 5.26 Å². The second-order valence-electron chi connectivity index (χ2n) is 6.10. The van der Waals surface area contributed by atoms with Gasteiger partial charge in [0.05, 0.1) is 28.1 Å². The summed E-state index contributed by atoms with van der Waals surface area (Å²) >= 11 is 6.19. The van der Waals surface area contributed by atoms with E-state index in [4.69, 9.17) is 16.9 Å². The Balaban J connectivity index is 1.73. The smallest absolute Gasteiger partial charge is 0.261 e. The number of carbonyl (C=O) groups is 1. The van der Waals surface area contributed by atoms with Crippen molar-refractivity contribution >= 4 is 38.9 Å². The van der Waals surface area contributed by atoms with Crippen LogP contribution in [-0.4, -0.2) is 14.3 Å². The molecule has 0 fully saturated rings. The van der Waals surface area contributed by atoms with Gasteiger partial charge in [0, 0.05) is 11.3 Å². The number of nitrogens with zero attached hydrogens (tertiary/aromatic N) is 1. The van der Waals surface area contributed by atoms with Gasteiger partial charge in [0.25, 0.3) is 15.9 Å². The average molecular weight is 426 g/mol. The van der Waals surface area contributed by atoms with Crippen LogP contribution in [0.4, 0.5) is 11.4 Å². The van der Waals surface area contributed by atoms with Gasteiger partial charge in [-0.2, -0.15) is 5.26 Å². The molecule has 0 bridgehead atoms. The molecule has 0 aliphatic heterocycles. The number of nitrogens with one attached hydrogen (secondary N) is 2. The Morgan fingerprint density at radius 1 is 1.00 bits per heavy atom. The van der Waals surface area contributed by atoms with E-state index in [1.54, 1.807) is 42.5 Å². The lowest BCUT2D eigenvalue weighted by Crippen LogP contribution is -2.14. The third kappa shape index (κ3) is 5.13. The number of anilines is 2. The first-order valence-corrected chi connectivity index (χ1v) is 10.4. The summed E-state index contributed by atoms with van der Waals surface area (Å²) in [6.45, 7) is 0. The van der Waals surface area contributed by atoms with Crippen LogP contribution in [0.15, 0.2) is 77.7 Å². The number of amides is 1. The van der Waals surface area contributed by atoms with Gasteiger partial charge in [-0.15, -0.1) is 0 Å². The van der Waals surface area contributed by atoms with Crippen LogP contribution in [0.1, 0.15) is 15.9 Å². The van der Waals surface area contributed by atoms with Gasteiger partial charge in [0.1, 0.15) is 0 Å². The van der Waals surface area contributed by atoms with Crippen LogP contribution in [0.5, 0.6) is 0 Å². The predicted molar refractivity (Wildman–Crippen MR) is 112 cm³/mol. The van der Waals surface area contributed by atoms with Crippen molar-refractivity contribution in [1.82, 2.24) is 0 Å². The van der Waals surface area contributed by atoms with E-state index in [2.05, 4.69) is 16.1 Å². The number of halogens is 1. The van der Waals surface area contributed by atoms with Gasteiger partial charge in [-0.1, -0.05) is 41.9 Å². The lowest BCUT2D eigenvalue weighted by Gasteiger charge is -2.11. The van der Waals surface area contributed by atoms with Crippen LogP contribution in [0.2, 0.25) is 5.02 Å². The zero-order valence-electron chi connectivity index (χ0n) is 15.1. The highest BCUT2D eigenvalue weighted by Gasteiger charge is 2.16. The van der Waals surface area contributed by atoms with Gasteiger partial charge in [-0.05, 0) is 48.0 Å². The number of rotatable bonds is 6. The van der Waals surface area contributed by atoms with Crippen LogP contribution in [0, 0.1) is 11.3 Å². The van der Waals surface area contributed by atoms with E-state index in [0.29, 0.717) is 12.1 Å². The first kappa shape index (κ1) is 20.4. The molecule has 0 spiro atoms. The van der Waals surface area contributed by atoms with Crippen molar-refractivity contribution in [2.24, 2.45) is 0 Å². The summed E-state index contributed by atoms with van der Waals surface area (Å²) < 4.78 is 27.3. The summed E-state index contributed by atoms with van der Waals surface area (Å²) in [7, 11) is -3.78. The summed E-state index contributed by atoms with van der Waals surface area (Å²) in [5.74, 6) is -0.391. The number of hydrogen-bond donors (Lipinski definition) is 2. The molecule has 1 amide bonds. The van der Waals surface area contributed by atoms with Gasteiger partial charge < -0.3 is 5.32 Å². The lowest BCUT2D eigenvalue weighted by atomic mass is 10.1. The molecule has 3 rings (SSSR count). The Morgan fingerprint density at radius 2 is 1.69 bits per heavy atom. The first-order valence-electron chi connectivity index (χ1n) is 8.54. The van der Waals surface area contributed by atoms with Gasteiger partial charge >= 0.3 is 0 Å². The lowest BCUT2D eigenvalue weighted by molar-refractivity contribution is 0.102. The standard InChI is InChI=1S/C21H16ClN3O3S/c22-19-14-16(21(26)24-17-9-6-15(7-10-17)12-13-23)8-11-20(19)25-29(27,28)18-4-2-1-3-5-18/h1-11,14,25H,12H2,(H,24,26). The summed E-state index contributed by atoms with van der Waals surface area (Å²) in [4.78, 5) is 12.5. The number of hydrogen-bond acceptors (Lipinski definition) is 4. The number of benzene rings is 3. The Morgan fingerprint density at radius 3 is 2.31 bits per heavy atom. The molecule has 29 heavy (non-hydrogen) atoms. The average Bonchev–Trinajstić information content (AvgIpc) is 2.71. The van der Waals surface area contributed by atoms with E-state index >= 15 is 0 Å². The minimum absolute atomic E-state index is 0.0986. The molecule has 3 aromatic carbocycles. The molecule has 8 heteroatoms. The van der Waals surface area contributed by atoms with Gasteiger partial charge in [-0.3, -0.25) is 9.52 Å². The molecular weight excluding hydrogens is 410 g/mol. The van der Waals surface area contributed by atoms with E-state index in [1.165, 1.54) is 30.3 Å². The van der Waals surface area contributed by atoms with Crippen molar-refractivity contribution < 1.29 is 13.2 Å². The monoisotopic (exact) mass is 425 g/mol. The summed E-state index contributed by atoms with van der Waals surface area (Å²) in [6.07, 6.45) is 0.296. The van der Waals surface area contributed by atoms with Crippen molar-refractivity contribution in [3.63, 3.8) is 0 Å². The fourth-order valence-electron chi connectivity index (χ4n) is 2.54. The molecule has 0 aromatic heterocycles. The fraction of sp³-hybridized carbons (Fsp3) is 0.0476. The molecule has 0 saturated heterocycles. The summed E-state index contributed by atoms with van der Waals surface area (Å²) in [6, 6.07) is 21.2. The SMILES string of the molecule is N#CCc1ccc(NC(=O)c2ccc(NS(=O)(=O)c3ccccc3)c(Cl)c2)cc1. The predicted octanol–water partition coefficient (Wildman–Crippen LogP) is 4.46. The zero-order chi connectivity index (χ0) is 20.9. The molecule has 0 aliphatic rings. The molecule has 0 aliphatic carbocycles. The molecule has 2 N–H and O–H groups in total. The van der Waals surface area contributed by atoms with E-state index in [9.17, 15) is 13.2 Å². The summed E-state index contributed by atoms with van der Waals surface area (Å²) in [5.41, 5.74) is 1.87. The molecular formula is C21H16ClN3O3S. The summed E-state index contributed by atoms with van der Waals surface area (Å²) in [5, 5.41) is 11.5. The van der Waals surface area contributed by atoms with Crippen molar-refractivity contribution in [3.05, 3.63) is 88.9 Å². The largest absolute Gasteiger partial charge is 0.322 e. The first-order chi connectivity index (χ1) is 13.9. The Bertz CT molecular complexity index is 1170. The highest BCUT2D eigenvalue weighted by atomic mass is 35.5. The molecule has 146 valence electrons. The molecule has 0 saturated carbocycles. The van der Waals surface area contributed by atoms with Gasteiger partial charge in [0.15, 0.2) is 0 Å². The van der Waals surface area contributed by atoms with Gasteiger partial charge in [-0.25, -0.2) is 8.42 Å². The Hall–Kier alpha value is -3.34. The number of carbonyl (C=O) groups excluding carboxylic acids is 1. The van der Waals surface area contributed by atoms with Crippen molar-refractivity contribution in [2.75, 3.05) is 10.0 Å². The maximum Gasteiger partial charge on any atom is 0.261 e. The topological polar surface area (TPSA) is 99.1 Å². The van der Waals surface area contributed by atoms with Crippen LogP contribution >= 0.6 is 11.6 Å². The molecule has 3 aromatic rings. The van der Waals surface area contributed by atoms with E-state index in [1.807, 2.05) is 0 Å². The van der Waals surface area contributed by atoms with Crippen LogP contribution in [0.3, 0.4) is 0 Å². The zero-order valence-corrected chi connectivity index (χ0v) is 16.7. The second-order valence-corrected chi connectivity index (χ2v) is 8.19. The highest BCUT2D eigenvalue weighted by Crippen LogP contribution is 2.26. The number of nitriles is 1. The molecule has 0 unspecified atom stereocenters. The fourth-order valence-corrected chi connectivity index (χ4v) is 3.93. The Labute approximate surface area is 173 Å². The van der Waals surface area contributed by atoms with Crippen molar-refractivity contribution in [2.45, 2.75) is 11.3 Å². The quantitative estimate of drug-likeness (QED) is 0.609. The van der Waals surface area contributed by atoms with Gasteiger partial charge in [0.2, 0.25) is 0 Å². The van der Waals surface area contributed by atoms with Crippen LogP contribution in [-0.2, 0) is 16.4 Å². The third-order valence-corrected chi connectivity index (χ3v) is 5.72. The molecule has 0 radical (unpaired) electrons. The van der Waals surface area contributed by atoms with Crippen LogP contribution < -0.4 is 10.0 Å². The number of sulfonamides is 1. The van der Waals surface area contributed by atoms with Crippen molar-refractivity contribution in [3.8, 4) is 6.07 Å². The highest BCUT2D eigenvalue weighted by molar-refractivity contribution is 7.92. The van der Waals surface area contributed by atoms with E-state index in [0.717, 1.165) is 5.56 Å². The molecule has 0 heterocycles. The third-order valence-electron chi connectivity index (χ3n) is 4.02. The molecule has 0 atom stereocenters. The molecule has 6 nitrogen and oxygen atoms in total. The van der Waals surface area contributed by atoms with E-state index < -0.39 is 15.9 Å². The maximum atomic E-state index is 12.4. The normalized spacial score (nSPS) is 10.8. The minimum Gasteiger partial charge on any atom is -0.322 e. The minimum atomic E-state index is -3.78. The van der Waals surface area contributed by atoms with E-state index in [-0.39, 0.29) is 21.2 Å². The Kier molecular flexibility index (Phi) is 6.17. The second kappa shape index (κ2) is 8.78.